The topological polar surface area (TPSA) is 90.8 Å². The number of hydrogen-bond acceptors (Lipinski definition) is 4. The summed E-state index contributed by atoms with van der Waals surface area (Å²) in [6.07, 6.45) is 3.34. The number of aromatic nitrogens is 3. The maximum absolute atomic E-state index is 13.2. The molecule has 1 N–H and O–H groups in total. The second kappa shape index (κ2) is 6.93. The first-order valence-corrected chi connectivity index (χ1v) is 11.4. The van der Waals surface area contributed by atoms with E-state index >= 15 is 0 Å². The lowest BCUT2D eigenvalue weighted by Gasteiger charge is -2.32. The number of fused-ring (bicyclic) bond motifs is 2. The van der Waals surface area contributed by atoms with Gasteiger partial charge in [-0.05, 0) is 31.6 Å². The molecule has 0 aromatic carbocycles. The van der Waals surface area contributed by atoms with Gasteiger partial charge in [-0.2, -0.15) is 0 Å². The van der Waals surface area contributed by atoms with E-state index < -0.39 is 5.41 Å². The van der Waals surface area contributed by atoms with Crippen LogP contribution in [0.15, 0.2) is 10.9 Å². The molecule has 3 atom stereocenters. The van der Waals surface area contributed by atoms with E-state index in [4.69, 9.17) is 4.98 Å². The molecule has 1 saturated carbocycles. The molecule has 4 heterocycles. The Bertz CT molecular complexity index is 1120. The van der Waals surface area contributed by atoms with Crippen molar-refractivity contribution in [2.75, 3.05) is 13.1 Å². The molecule has 2 aliphatic heterocycles. The average Bonchev–Trinajstić information content (AvgIpc) is 3.11. The van der Waals surface area contributed by atoms with Crippen LogP contribution in [0.3, 0.4) is 0 Å². The molecule has 8 heteroatoms. The lowest BCUT2D eigenvalue weighted by molar-refractivity contribution is -0.140. The summed E-state index contributed by atoms with van der Waals surface area (Å²) in [6, 6.07) is 1.87. The number of nitrogens with zero attached hydrogens (tertiary/aromatic N) is 4. The molecule has 2 fully saturated rings. The van der Waals surface area contributed by atoms with Crippen molar-refractivity contribution in [1.29, 1.82) is 0 Å². The Labute approximate surface area is 181 Å². The molecule has 0 radical (unpaired) electrons. The smallest absolute Gasteiger partial charge is 0.276 e. The van der Waals surface area contributed by atoms with E-state index in [1.54, 1.807) is 4.90 Å². The quantitative estimate of drug-likeness (QED) is 0.799. The molecule has 1 saturated heterocycles. The van der Waals surface area contributed by atoms with Gasteiger partial charge in [-0.15, -0.1) is 0 Å². The third-order valence-corrected chi connectivity index (χ3v) is 7.04. The largest absolute Gasteiger partial charge is 0.336 e. The van der Waals surface area contributed by atoms with Gasteiger partial charge in [-0.3, -0.25) is 19.5 Å². The number of nitrogens with one attached hydrogen (secondary N) is 1. The van der Waals surface area contributed by atoms with E-state index in [1.807, 2.05) is 31.7 Å². The number of H-pyrrole nitrogens is 1. The minimum Gasteiger partial charge on any atom is -0.336 e. The average molecular weight is 426 g/mol. The maximum atomic E-state index is 13.2. The van der Waals surface area contributed by atoms with Crippen molar-refractivity contribution in [1.82, 2.24) is 24.4 Å². The fourth-order valence-corrected chi connectivity index (χ4v) is 5.06. The molecule has 2 aromatic rings. The van der Waals surface area contributed by atoms with Gasteiger partial charge in [0.2, 0.25) is 11.8 Å². The van der Waals surface area contributed by atoms with Gasteiger partial charge in [0.25, 0.3) is 5.56 Å². The molecule has 0 spiro atoms. The van der Waals surface area contributed by atoms with E-state index in [9.17, 15) is 14.4 Å². The summed E-state index contributed by atoms with van der Waals surface area (Å²) in [5, 5.41) is 3.24. The molecule has 8 nitrogen and oxygen atoms in total. The maximum Gasteiger partial charge on any atom is 0.276 e. The predicted molar refractivity (Wildman–Crippen MR) is 115 cm³/mol. The Morgan fingerprint density at radius 3 is 2.65 bits per heavy atom. The van der Waals surface area contributed by atoms with Crippen LogP contribution in [0.25, 0.3) is 5.65 Å². The number of carbonyl (C=O) groups is 2. The first-order valence-electron chi connectivity index (χ1n) is 11.4. The standard InChI is InChI=1S/C23H31N5O3/c1-13-10-15(13)20(29)27-8-5-6-18(27)16-11-19-24-17-12-26(22(31)23(2,3)4)9-7-14(17)21(30)28(19)25-16/h11,13,15,18,25H,5-10,12H2,1-4H3/t13-,15-,18+/m1/s1. The van der Waals surface area contributed by atoms with Crippen LogP contribution in [0.5, 0.6) is 0 Å². The van der Waals surface area contributed by atoms with Crippen LogP contribution in [0.4, 0.5) is 0 Å². The van der Waals surface area contributed by atoms with Crippen molar-refractivity contribution in [2.45, 2.75) is 66.0 Å². The molecule has 3 aliphatic rings. The van der Waals surface area contributed by atoms with Crippen molar-refractivity contribution in [3.63, 3.8) is 0 Å². The molecule has 0 unspecified atom stereocenters. The zero-order valence-corrected chi connectivity index (χ0v) is 18.8. The Morgan fingerprint density at radius 1 is 1.23 bits per heavy atom. The highest BCUT2D eigenvalue weighted by Gasteiger charge is 2.44. The SMILES string of the molecule is C[C@@H]1C[C@H]1C(=O)N1CCC[C@H]1c1cc2nc3c(c(=O)n2[nH]1)CCN(C(=O)C(C)(C)C)C3. The summed E-state index contributed by atoms with van der Waals surface area (Å²) < 4.78 is 1.51. The fourth-order valence-electron chi connectivity index (χ4n) is 5.06. The fraction of sp³-hybridized carbons (Fsp3) is 0.652. The van der Waals surface area contributed by atoms with Crippen molar-refractivity contribution in [3.8, 4) is 0 Å². The zero-order chi connectivity index (χ0) is 22.1. The molecule has 1 aliphatic carbocycles. The van der Waals surface area contributed by atoms with E-state index in [-0.39, 0.29) is 29.3 Å². The second-order valence-electron chi connectivity index (χ2n) is 10.5. The van der Waals surface area contributed by atoms with Crippen LogP contribution in [-0.2, 0) is 22.6 Å². The number of carbonyl (C=O) groups excluding carboxylic acids is 2. The van der Waals surface area contributed by atoms with Gasteiger partial charge in [0, 0.05) is 36.1 Å². The highest BCUT2D eigenvalue weighted by molar-refractivity contribution is 5.82. The Balaban J connectivity index is 1.46. The molecule has 5 rings (SSSR count). The first-order chi connectivity index (χ1) is 14.6. The number of hydrogen-bond donors (Lipinski definition) is 1. The summed E-state index contributed by atoms with van der Waals surface area (Å²) in [5.41, 5.74) is 2.23. The Hall–Kier alpha value is -2.64. The van der Waals surface area contributed by atoms with E-state index in [2.05, 4.69) is 12.0 Å². The highest BCUT2D eigenvalue weighted by atomic mass is 16.2. The zero-order valence-electron chi connectivity index (χ0n) is 18.8. The summed E-state index contributed by atoms with van der Waals surface area (Å²) in [5.74, 6) is 0.949. The van der Waals surface area contributed by atoms with Crippen LogP contribution < -0.4 is 5.56 Å². The highest BCUT2D eigenvalue weighted by Crippen LogP contribution is 2.43. The Morgan fingerprint density at radius 2 is 1.97 bits per heavy atom. The first kappa shape index (κ1) is 20.3. The van der Waals surface area contributed by atoms with Gasteiger partial charge < -0.3 is 9.80 Å². The minimum absolute atomic E-state index is 0.0302. The lowest BCUT2D eigenvalue weighted by Crippen LogP contribution is -2.44. The number of aromatic amines is 1. The van der Waals surface area contributed by atoms with E-state index in [0.29, 0.717) is 42.3 Å². The van der Waals surface area contributed by atoms with Gasteiger partial charge in [-0.1, -0.05) is 27.7 Å². The molecular formula is C23H31N5O3. The summed E-state index contributed by atoms with van der Waals surface area (Å²) >= 11 is 0. The van der Waals surface area contributed by atoms with Crippen LogP contribution >= 0.6 is 0 Å². The Kier molecular flexibility index (Phi) is 4.53. The monoisotopic (exact) mass is 425 g/mol. The third-order valence-electron chi connectivity index (χ3n) is 7.04. The van der Waals surface area contributed by atoms with Crippen LogP contribution in [-0.4, -0.2) is 49.3 Å². The molecule has 166 valence electrons. The molecular weight excluding hydrogens is 394 g/mol. The van der Waals surface area contributed by atoms with Gasteiger partial charge in [0.15, 0.2) is 5.65 Å². The summed E-state index contributed by atoms with van der Waals surface area (Å²) in [4.78, 5) is 47.3. The lowest BCUT2D eigenvalue weighted by atomic mass is 9.93. The summed E-state index contributed by atoms with van der Waals surface area (Å²) in [7, 11) is 0. The second-order valence-corrected chi connectivity index (χ2v) is 10.5. The van der Waals surface area contributed by atoms with Crippen molar-refractivity contribution in [2.24, 2.45) is 17.3 Å². The molecule has 2 amide bonds. The molecule has 31 heavy (non-hydrogen) atoms. The van der Waals surface area contributed by atoms with Gasteiger partial charge >= 0.3 is 0 Å². The molecule has 0 bridgehead atoms. The minimum atomic E-state index is -0.463. The van der Waals surface area contributed by atoms with E-state index in [1.165, 1.54) is 4.52 Å². The number of likely N-dealkylation sites (tertiary alicyclic amines) is 1. The van der Waals surface area contributed by atoms with Crippen molar-refractivity contribution < 1.29 is 9.59 Å². The van der Waals surface area contributed by atoms with Crippen LogP contribution in [0, 0.1) is 17.3 Å². The van der Waals surface area contributed by atoms with Crippen LogP contribution in [0.2, 0.25) is 0 Å². The normalized spacial score (nSPS) is 25.7. The van der Waals surface area contributed by atoms with Crippen LogP contribution in [0.1, 0.15) is 70.0 Å². The predicted octanol–water partition coefficient (Wildman–Crippen LogP) is 2.27. The van der Waals surface area contributed by atoms with Gasteiger partial charge in [-0.25, -0.2) is 9.50 Å². The van der Waals surface area contributed by atoms with Gasteiger partial charge in [0.05, 0.1) is 24.0 Å². The summed E-state index contributed by atoms with van der Waals surface area (Å²) in [6.45, 7) is 9.52. The number of amides is 2. The van der Waals surface area contributed by atoms with E-state index in [0.717, 1.165) is 31.5 Å². The van der Waals surface area contributed by atoms with Gasteiger partial charge in [0.1, 0.15) is 0 Å². The molecule has 2 aromatic heterocycles. The number of rotatable bonds is 2. The third kappa shape index (κ3) is 3.36. The van der Waals surface area contributed by atoms with Crippen molar-refractivity contribution in [3.05, 3.63) is 33.4 Å². The van der Waals surface area contributed by atoms with Crippen molar-refractivity contribution >= 4 is 17.5 Å².